The highest BCUT2D eigenvalue weighted by Crippen LogP contribution is 2.27. The molecule has 2 atom stereocenters. The molecule has 0 amide bonds. The first kappa shape index (κ1) is 13.8. The molecular weight excluding hydrogens is 214 g/mol. The summed E-state index contributed by atoms with van der Waals surface area (Å²) in [6.07, 6.45) is 7.89. The second kappa shape index (κ2) is 6.48. The molecular formula is C14H23NO2. The largest absolute Gasteiger partial charge is 0.478 e. The van der Waals surface area contributed by atoms with Crippen LogP contribution < -0.4 is 0 Å². The first-order chi connectivity index (χ1) is 8.06. The molecule has 1 rings (SSSR count). The third-order valence-corrected chi connectivity index (χ3v) is 3.49. The summed E-state index contributed by atoms with van der Waals surface area (Å²) in [4.78, 5) is 13.2. The van der Waals surface area contributed by atoms with Crippen LogP contribution in [0.4, 0.5) is 0 Å². The first-order valence-corrected chi connectivity index (χ1v) is 6.38. The van der Waals surface area contributed by atoms with Gasteiger partial charge in [-0.05, 0) is 25.7 Å². The summed E-state index contributed by atoms with van der Waals surface area (Å²) in [5.41, 5.74) is 0.973. The number of hydrogen-bond donors (Lipinski definition) is 1. The van der Waals surface area contributed by atoms with E-state index < -0.39 is 5.97 Å². The Morgan fingerprint density at radius 2 is 1.88 bits per heavy atom. The molecule has 1 N–H and O–H groups in total. The van der Waals surface area contributed by atoms with E-state index in [4.69, 9.17) is 5.11 Å². The minimum Gasteiger partial charge on any atom is -0.478 e. The lowest BCUT2D eigenvalue weighted by Gasteiger charge is -2.29. The van der Waals surface area contributed by atoms with Gasteiger partial charge in [-0.2, -0.15) is 0 Å². The third-order valence-electron chi connectivity index (χ3n) is 3.49. The number of hydrogen-bond acceptors (Lipinski definition) is 2. The fourth-order valence-electron chi connectivity index (χ4n) is 2.35. The van der Waals surface area contributed by atoms with E-state index in [0.29, 0.717) is 5.92 Å². The zero-order chi connectivity index (χ0) is 12.8. The molecule has 0 saturated carbocycles. The molecule has 0 unspecified atom stereocenters. The Bertz CT molecular complexity index is 314. The van der Waals surface area contributed by atoms with E-state index in [1.807, 2.05) is 13.0 Å². The first-order valence-electron chi connectivity index (χ1n) is 6.38. The van der Waals surface area contributed by atoms with Crippen LogP contribution in [0.15, 0.2) is 23.9 Å². The lowest BCUT2D eigenvalue weighted by atomic mass is 9.91. The number of aliphatic carboxylic acids is 1. The molecule has 0 aliphatic carbocycles. The van der Waals surface area contributed by atoms with Gasteiger partial charge in [-0.25, -0.2) is 4.79 Å². The summed E-state index contributed by atoms with van der Waals surface area (Å²) < 4.78 is 0. The average Bonchev–Trinajstić information content (AvgIpc) is 2.78. The minimum atomic E-state index is -0.841. The molecule has 17 heavy (non-hydrogen) atoms. The lowest BCUT2D eigenvalue weighted by Crippen LogP contribution is -2.26. The Morgan fingerprint density at radius 1 is 1.29 bits per heavy atom. The van der Waals surface area contributed by atoms with Crippen LogP contribution in [0, 0.1) is 11.8 Å². The van der Waals surface area contributed by atoms with Crippen molar-refractivity contribution in [3.8, 4) is 0 Å². The molecule has 0 radical (unpaired) electrons. The zero-order valence-electron chi connectivity index (χ0n) is 11.0. The number of carboxylic acid groups (broad SMARTS) is 1. The maximum absolute atomic E-state index is 10.9. The number of rotatable bonds is 5. The van der Waals surface area contributed by atoms with E-state index in [1.165, 1.54) is 18.9 Å². The van der Waals surface area contributed by atoms with Crippen molar-refractivity contribution in [1.82, 2.24) is 4.90 Å². The third kappa shape index (κ3) is 3.91. The quantitative estimate of drug-likeness (QED) is 0.590. The van der Waals surface area contributed by atoms with Crippen molar-refractivity contribution in [3.63, 3.8) is 0 Å². The van der Waals surface area contributed by atoms with Gasteiger partial charge in [0.2, 0.25) is 0 Å². The van der Waals surface area contributed by atoms with E-state index in [1.54, 1.807) is 0 Å². The summed E-state index contributed by atoms with van der Waals surface area (Å²) in [5, 5.41) is 8.98. The van der Waals surface area contributed by atoms with Gasteiger partial charge < -0.3 is 10.0 Å². The van der Waals surface area contributed by atoms with E-state index >= 15 is 0 Å². The van der Waals surface area contributed by atoms with Crippen LogP contribution in [0.2, 0.25) is 0 Å². The predicted molar refractivity (Wildman–Crippen MR) is 69.7 cm³/mol. The molecule has 96 valence electrons. The van der Waals surface area contributed by atoms with Crippen LogP contribution in [-0.4, -0.2) is 29.1 Å². The van der Waals surface area contributed by atoms with E-state index in [9.17, 15) is 4.79 Å². The number of carbonyl (C=O) groups is 1. The normalized spacial score (nSPS) is 20.9. The molecule has 1 fully saturated rings. The smallest absolute Gasteiger partial charge is 0.330 e. The Labute approximate surface area is 104 Å². The Kier molecular flexibility index (Phi) is 5.26. The number of nitrogens with zero attached hydrogens (tertiary/aromatic N) is 1. The number of carboxylic acids is 1. The molecule has 1 saturated heterocycles. The van der Waals surface area contributed by atoms with Crippen molar-refractivity contribution in [2.75, 3.05) is 13.1 Å². The Hall–Kier alpha value is -1.25. The fourth-order valence-corrected chi connectivity index (χ4v) is 2.35. The highest BCUT2D eigenvalue weighted by Gasteiger charge is 2.23. The summed E-state index contributed by atoms with van der Waals surface area (Å²) in [7, 11) is 0. The van der Waals surface area contributed by atoms with Gasteiger partial charge in [0, 0.05) is 30.8 Å². The predicted octanol–water partition coefficient (Wildman–Crippen LogP) is 2.90. The van der Waals surface area contributed by atoms with E-state index in [2.05, 4.69) is 24.8 Å². The van der Waals surface area contributed by atoms with Gasteiger partial charge in [0.25, 0.3) is 0 Å². The molecule has 0 bridgehead atoms. The van der Waals surface area contributed by atoms with E-state index in [0.717, 1.165) is 18.8 Å². The fraction of sp³-hybridized carbons (Fsp3) is 0.643. The number of allylic oxidation sites excluding steroid dienone is 3. The molecule has 0 aromatic rings. The van der Waals surface area contributed by atoms with Crippen LogP contribution in [0.5, 0.6) is 0 Å². The molecule has 0 spiro atoms. The van der Waals surface area contributed by atoms with Crippen LogP contribution in [0.3, 0.4) is 0 Å². The van der Waals surface area contributed by atoms with Crippen molar-refractivity contribution in [2.24, 2.45) is 11.8 Å². The Morgan fingerprint density at radius 3 is 2.35 bits per heavy atom. The van der Waals surface area contributed by atoms with Gasteiger partial charge in [-0.1, -0.05) is 26.0 Å². The zero-order valence-corrected chi connectivity index (χ0v) is 11.0. The highest BCUT2D eigenvalue weighted by atomic mass is 16.4. The summed E-state index contributed by atoms with van der Waals surface area (Å²) >= 11 is 0. The second-order valence-electron chi connectivity index (χ2n) is 4.78. The molecule has 3 nitrogen and oxygen atoms in total. The lowest BCUT2D eigenvalue weighted by molar-refractivity contribution is -0.131. The number of likely N-dealkylation sites (tertiary alicyclic amines) is 1. The maximum atomic E-state index is 10.9. The van der Waals surface area contributed by atoms with Crippen molar-refractivity contribution in [1.29, 1.82) is 0 Å². The minimum absolute atomic E-state index is 0.250. The molecule has 1 heterocycles. The van der Waals surface area contributed by atoms with Crippen LogP contribution in [0.1, 0.15) is 33.6 Å². The standard InChI is InChI=1S/C14H23NO2/c1-4-7-11(2)12(3)13(10-14(16)17)15-8-5-6-9-15/h4,7,10-12H,5-6,8-9H2,1-3H3,(H,16,17)/b7-4+,13-10-/t11-,12-/m0/s1. The van der Waals surface area contributed by atoms with Crippen molar-refractivity contribution >= 4 is 5.97 Å². The van der Waals surface area contributed by atoms with Gasteiger partial charge in [0.1, 0.15) is 0 Å². The summed E-state index contributed by atoms with van der Waals surface area (Å²) in [6, 6.07) is 0. The monoisotopic (exact) mass is 237 g/mol. The van der Waals surface area contributed by atoms with Crippen LogP contribution >= 0.6 is 0 Å². The van der Waals surface area contributed by atoms with Gasteiger partial charge in [0.05, 0.1) is 0 Å². The van der Waals surface area contributed by atoms with Crippen molar-refractivity contribution < 1.29 is 9.90 Å². The van der Waals surface area contributed by atoms with Gasteiger partial charge in [-0.3, -0.25) is 0 Å². The molecule has 1 aliphatic rings. The average molecular weight is 237 g/mol. The van der Waals surface area contributed by atoms with Crippen molar-refractivity contribution in [3.05, 3.63) is 23.9 Å². The van der Waals surface area contributed by atoms with Gasteiger partial charge >= 0.3 is 5.97 Å². The molecule has 1 aliphatic heterocycles. The molecule has 3 heteroatoms. The van der Waals surface area contributed by atoms with Crippen LogP contribution in [0.25, 0.3) is 0 Å². The Balaban J connectivity index is 2.85. The molecule has 0 aromatic heterocycles. The van der Waals surface area contributed by atoms with Gasteiger partial charge in [-0.15, -0.1) is 0 Å². The summed E-state index contributed by atoms with van der Waals surface area (Å²) in [5.74, 6) is -0.224. The SMILES string of the molecule is C/C=C/[C@H](C)[C@H](C)/C(=C/C(=O)O)N1CCCC1. The van der Waals surface area contributed by atoms with Crippen molar-refractivity contribution in [2.45, 2.75) is 33.6 Å². The van der Waals surface area contributed by atoms with E-state index in [-0.39, 0.29) is 5.92 Å². The molecule has 0 aromatic carbocycles. The topological polar surface area (TPSA) is 40.5 Å². The maximum Gasteiger partial charge on any atom is 0.330 e. The second-order valence-corrected chi connectivity index (χ2v) is 4.78. The van der Waals surface area contributed by atoms with Crippen LogP contribution in [-0.2, 0) is 4.79 Å². The summed E-state index contributed by atoms with van der Waals surface area (Å²) in [6.45, 7) is 8.23. The van der Waals surface area contributed by atoms with Gasteiger partial charge in [0.15, 0.2) is 0 Å². The highest BCUT2D eigenvalue weighted by molar-refractivity contribution is 5.80.